The van der Waals surface area contributed by atoms with Gasteiger partial charge in [0.25, 0.3) is 0 Å². The number of tetrazole rings is 1. The van der Waals surface area contributed by atoms with Crippen molar-refractivity contribution in [2.45, 2.75) is 11.8 Å². The third-order valence-electron chi connectivity index (χ3n) is 2.30. The summed E-state index contributed by atoms with van der Waals surface area (Å²) >= 11 is 0. The molecule has 0 amide bonds. The van der Waals surface area contributed by atoms with Crippen LogP contribution in [0.25, 0.3) is 11.4 Å². The van der Waals surface area contributed by atoms with Crippen LogP contribution in [0.1, 0.15) is 5.56 Å². The Hall–Kier alpha value is -1.80. The number of hydrogen-bond acceptors (Lipinski definition) is 5. The molecule has 0 spiro atoms. The molecule has 0 bridgehead atoms. The summed E-state index contributed by atoms with van der Waals surface area (Å²) < 4.78 is 24.4. The Bertz CT molecular complexity index is 662. The number of aryl methyl sites for hydroxylation is 2. The van der Waals surface area contributed by atoms with E-state index in [-0.39, 0.29) is 4.90 Å². The smallest absolute Gasteiger partial charge is 0.229 e. The van der Waals surface area contributed by atoms with E-state index in [0.29, 0.717) is 11.4 Å². The van der Waals surface area contributed by atoms with E-state index in [0.717, 1.165) is 5.56 Å². The summed E-state index contributed by atoms with van der Waals surface area (Å²) in [5.74, 6) is 0.356. The molecule has 0 aliphatic rings. The van der Waals surface area contributed by atoms with Gasteiger partial charge in [-0.2, -0.15) is 0 Å². The normalized spacial score (nSPS) is 11.7. The number of nitrogens with zero attached hydrogens (tertiary/aromatic N) is 4. The minimum absolute atomic E-state index is 0.0235. The molecular weight excluding hydrogens is 242 g/mol. The number of benzene rings is 1. The van der Waals surface area contributed by atoms with Gasteiger partial charge in [-0.1, -0.05) is 6.07 Å². The molecule has 1 aromatic heterocycles. The van der Waals surface area contributed by atoms with Crippen LogP contribution in [-0.2, 0) is 17.1 Å². The second-order valence-electron chi connectivity index (χ2n) is 3.67. The highest BCUT2D eigenvalue weighted by Gasteiger charge is 2.18. The fraction of sp³-hybridized carbons (Fsp3) is 0.222. The molecule has 0 fully saturated rings. The number of sulfonamides is 1. The summed E-state index contributed by atoms with van der Waals surface area (Å²) in [6.07, 6.45) is 0. The first kappa shape index (κ1) is 11.7. The largest absolute Gasteiger partial charge is 0.238 e. The second-order valence-corrected chi connectivity index (χ2v) is 5.20. The first-order valence-corrected chi connectivity index (χ1v) is 6.30. The van der Waals surface area contributed by atoms with Crippen LogP contribution in [0.4, 0.5) is 0 Å². The highest BCUT2D eigenvalue weighted by molar-refractivity contribution is 7.89. The van der Waals surface area contributed by atoms with Crippen LogP contribution >= 0.6 is 0 Å². The van der Waals surface area contributed by atoms with Crippen molar-refractivity contribution in [1.82, 2.24) is 20.2 Å². The molecule has 2 aromatic rings. The summed E-state index contributed by atoms with van der Waals surface area (Å²) in [7, 11) is -2.18. The maximum absolute atomic E-state index is 11.5. The summed E-state index contributed by atoms with van der Waals surface area (Å²) in [6.45, 7) is 1.79. The van der Waals surface area contributed by atoms with Crippen molar-refractivity contribution in [3.8, 4) is 11.4 Å². The number of primary sulfonamides is 1. The van der Waals surface area contributed by atoms with Crippen LogP contribution in [0.5, 0.6) is 0 Å². The Labute approximate surface area is 98.3 Å². The van der Waals surface area contributed by atoms with Crippen LogP contribution in [0.3, 0.4) is 0 Å². The first-order valence-electron chi connectivity index (χ1n) is 4.76. The van der Waals surface area contributed by atoms with Crippen molar-refractivity contribution < 1.29 is 8.42 Å². The van der Waals surface area contributed by atoms with Gasteiger partial charge in [-0.3, -0.25) is 0 Å². The highest BCUT2D eigenvalue weighted by Crippen LogP contribution is 2.24. The minimum atomic E-state index is -3.81. The third kappa shape index (κ3) is 2.17. The summed E-state index contributed by atoms with van der Waals surface area (Å²) in [6, 6.07) is 4.92. The SMILES string of the molecule is Cc1ccc(-c2nnnn2C)c(S(N)(=O)=O)c1. The van der Waals surface area contributed by atoms with Gasteiger partial charge in [0.1, 0.15) is 0 Å². The van der Waals surface area contributed by atoms with Crippen molar-refractivity contribution in [1.29, 1.82) is 0 Å². The number of aromatic nitrogens is 4. The molecule has 90 valence electrons. The maximum Gasteiger partial charge on any atom is 0.238 e. The van der Waals surface area contributed by atoms with E-state index in [1.165, 1.54) is 10.7 Å². The standard InChI is InChI=1S/C9H11N5O2S/c1-6-3-4-7(8(5-6)17(10,15)16)9-11-12-13-14(9)2/h3-5H,1-2H3,(H2,10,15,16). The third-order valence-corrected chi connectivity index (χ3v) is 3.26. The van der Waals surface area contributed by atoms with Gasteiger partial charge in [-0.15, -0.1) is 5.10 Å². The first-order chi connectivity index (χ1) is 7.89. The molecule has 0 unspecified atom stereocenters. The maximum atomic E-state index is 11.5. The molecule has 1 heterocycles. The Morgan fingerprint density at radius 1 is 1.35 bits per heavy atom. The zero-order chi connectivity index (χ0) is 12.6. The van der Waals surface area contributed by atoms with E-state index in [4.69, 9.17) is 5.14 Å². The van der Waals surface area contributed by atoms with Crippen LogP contribution in [0.15, 0.2) is 23.1 Å². The fourth-order valence-corrected chi connectivity index (χ4v) is 2.32. The molecule has 0 aliphatic heterocycles. The molecule has 8 heteroatoms. The summed E-state index contributed by atoms with van der Waals surface area (Å²) in [5, 5.41) is 16.1. The van der Waals surface area contributed by atoms with Gasteiger partial charge >= 0.3 is 0 Å². The van der Waals surface area contributed by atoms with E-state index in [1.54, 1.807) is 26.1 Å². The lowest BCUT2D eigenvalue weighted by Gasteiger charge is -2.07. The molecule has 17 heavy (non-hydrogen) atoms. The van der Waals surface area contributed by atoms with Crippen molar-refractivity contribution >= 4 is 10.0 Å². The lowest BCUT2D eigenvalue weighted by Crippen LogP contribution is -2.14. The van der Waals surface area contributed by atoms with Crippen molar-refractivity contribution in [2.24, 2.45) is 12.2 Å². The predicted octanol–water partition coefficient (Wildman–Crippen LogP) is -0.167. The van der Waals surface area contributed by atoms with Crippen molar-refractivity contribution in [2.75, 3.05) is 0 Å². The number of nitrogens with two attached hydrogens (primary N) is 1. The summed E-state index contributed by atoms with van der Waals surface area (Å²) in [4.78, 5) is 0.0235. The van der Waals surface area contributed by atoms with Gasteiger partial charge in [0.2, 0.25) is 10.0 Å². The van der Waals surface area contributed by atoms with Gasteiger partial charge < -0.3 is 0 Å². The van der Waals surface area contributed by atoms with E-state index < -0.39 is 10.0 Å². The molecule has 7 nitrogen and oxygen atoms in total. The molecule has 0 saturated heterocycles. The predicted molar refractivity (Wildman–Crippen MR) is 60.3 cm³/mol. The van der Waals surface area contributed by atoms with E-state index in [2.05, 4.69) is 15.5 Å². The van der Waals surface area contributed by atoms with Crippen molar-refractivity contribution in [3.05, 3.63) is 23.8 Å². The van der Waals surface area contributed by atoms with Gasteiger partial charge in [-0.05, 0) is 35.0 Å². The zero-order valence-corrected chi connectivity index (χ0v) is 10.1. The molecule has 0 atom stereocenters. The van der Waals surface area contributed by atoms with Gasteiger partial charge in [-0.25, -0.2) is 18.2 Å². The van der Waals surface area contributed by atoms with E-state index in [1.807, 2.05) is 0 Å². The molecule has 1 aromatic carbocycles. The molecule has 0 aliphatic carbocycles. The minimum Gasteiger partial charge on any atom is -0.229 e. The summed E-state index contributed by atoms with van der Waals surface area (Å²) in [5.41, 5.74) is 1.19. The van der Waals surface area contributed by atoms with Gasteiger partial charge in [0, 0.05) is 12.6 Å². The number of hydrogen-bond donors (Lipinski definition) is 1. The average molecular weight is 253 g/mol. The Morgan fingerprint density at radius 2 is 2.06 bits per heavy atom. The zero-order valence-electron chi connectivity index (χ0n) is 9.32. The van der Waals surface area contributed by atoms with Crippen LogP contribution < -0.4 is 5.14 Å². The van der Waals surface area contributed by atoms with Gasteiger partial charge in [0.05, 0.1) is 4.90 Å². The Kier molecular flexibility index (Phi) is 2.68. The molecule has 0 saturated carbocycles. The fourth-order valence-electron chi connectivity index (χ4n) is 1.51. The van der Waals surface area contributed by atoms with Gasteiger partial charge in [0.15, 0.2) is 5.82 Å². The monoisotopic (exact) mass is 253 g/mol. The second kappa shape index (κ2) is 3.90. The lowest BCUT2D eigenvalue weighted by molar-refractivity contribution is 0.598. The van der Waals surface area contributed by atoms with Crippen molar-refractivity contribution in [3.63, 3.8) is 0 Å². The number of rotatable bonds is 2. The van der Waals surface area contributed by atoms with E-state index >= 15 is 0 Å². The highest BCUT2D eigenvalue weighted by atomic mass is 32.2. The topological polar surface area (TPSA) is 104 Å². The molecule has 2 N–H and O–H groups in total. The van der Waals surface area contributed by atoms with Crippen LogP contribution in [0, 0.1) is 6.92 Å². The lowest BCUT2D eigenvalue weighted by atomic mass is 10.1. The molecular formula is C9H11N5O2S. The average Bonchev–Trinajstić information content (AvgIpc) is 2.63. The van der Waals surface area contributed by atoms with E-state index in [9.17, 15) is 8.42 Å². The van der Waals surface area contributed by atoms with Crippen LogP contribution in [-0.4, -0.2) is 28.6 Å². The Morgan fingerprint density at radius 3 is 2.59 bits per heavy atom. The quantitative estimate of drug-likeness (QED) is 0.800. The molecule has 2 rings (SSSR count). The Balaban J connectivity index is 2.76. The van der Waals surface area contributed by atoms with Crippen LogP contribution in [0.2, 0.25) is 0 Å². The molecule has 0 radical (unpaired) electrons.